The first-order valence-corrected chi connectivity index (χ1v) is 7.34. The highest BCUT2D eigenvalue weighted by Gasteiger charge is 2.17. The fraction of sp³-hybridized carbons (Fsp3) is 0.533. The van der Waals surface area contributed by atoms with Gasteiger partial charge in [-0.3, -0.25) is 4.79 Å². The van der Waals surface area contributed by atoms with Gasteiger partial charge in [-0.15, -0.1) is 0 Å². The lowest BCUT2D eigenvalue weighted by Crippen LogP contribution is -2.16. The second-order valence-corrected chi connectivity index (χ2v) is 5.54. The number of rotatable bonds is 7. The van der Waals surface area contributed by atoms with E-state index in [4.69, 9.17) is 0 Å². The van der Waals surface area contributed by atoms with E-state index >= 15 is 0 Å². The molecule has 1 aromatic carbocycles. The topological polar surface area (TPSA) is 17.1 Å². The maximum absolute atomic E-state index is 13.6. The van der Waals surface area contributed by atoms with Gasteiger partial charge in [0, 0.05) is 16.8 Å². The van der Waals surface area contributed by atoms with E-state index in [1.54, 1.807) is 12.1 Å². The van der Waals surface area contributed by atoms with Gasteiger partial charge in [-0.2, -0.15) is 0 Å². The molecule has 1 aromatic rings. The number of ketones is 1. The molecule has 0 N–H and O–H groups in total. The molecule has 1 atom stereocenters. The molecular weight excluding hydrogens is 295 g/mol. The second kappa shape index (κ2) is 7.67. The molecule has 0 aliphatic carbocycles. The summed E-state index contributed by atoms with van der Waals surface area (Å²) in [7, 11) is 0. The molecular formula is C15H20BrFO. The molecule has 0 fully saturated rings. The first kappa shape index (κ1) is 15.4. The zero-order valence-corrected chi connectivity index (χ0v) is 12.6. The monoisotopic (exact) mass is 314 g/mol. The molecule has 0 bridgehead atoms. The van der Waals surface area contributed by atoms with Crippen LogP contribution in [0.3, 0.4) is 0 Å². The van der Waals surface area contributed by atoms with Gasteiger partial charge in [0.25, 0.3) is 0 Å². The summed E-state index contributed by atoms with van der Waals surface area (Å²) in [5, 5.41) is 0. The first-order valence-electron chi connectivity index (χ1n) is 6.55. The van der Waals surface area contributed by atoms with Crippen LogP contribution >= 0.6 is 15.9 Å². The predicted molar refractivity (Wildman–Crippen MR) is 76.1 cm³/mol. The largest absolute Gasteiger partial charge is 0.299 e. The summed E-state index contributed by atoms with van der Waals surface area (Å²) in [6.45, 7) is 4.14. The maximum atomic E-state index is 13.6. The lowest BCUT2D eigenvalue weighted by molar-refractivity contribution is -0.122. The number of carbonyl (C=O) groups is 1. The Morgan fingerprint density at radius 2 is 2.11 bits per heavy atom. The van der Waals surface area contributed by atoms with Crippen LogP contribution in [0.4, 0.5) is 4.39 Å². The van der Waals surface area contributed by atoms with E-state index in [1.165, 1.54) is 6.07 Å². The highest BCUT2D eigenvalue weighted by Crippen LogP contribution is 2.20. The summed E-state index contributed by atoms with van der Waals surface area (Å²) in [6, 6.07) is 4.75. The van der Waals surface area contributed by atoms with Crippen molar-refractivity contribution < 1.29 is 9.18 Å². The summed E-state index contributed by atoms with van der Waals surface area (Å²) in [6.07, 6.45) is 4.11. The standard InChI is InChI=1S/C15H20BrFO/c1-3-5-6-11(4-2)15(18)10-12-9-13(16)7-8-14(12)17/h7-9,11H,3-6,10H2,1-2H3. The minimum atomic E-state index is -0.295. The molecule has 1 unspecified atom stereocenters. The van der Waals surface area contributed by atoms with Gasteiger partial charge in [-0.1, -0.05) is 42.6 Å². The number of benzene rings is 1. The van der Waals surface area contributed by atoms with Crippen molar-refractivity contribution in [1.29, 1.82) is 0 Å². The van der Waals surface area contributed by atoms with Gasteiger partial charge in [-0.05, 0) is 36.6 Å². The zero-order chi connectivity index (χ0) is 13.5. The van der Waals surface area contributed by atoms with Crippen molar-refractivity contribution in [3.63, 3.8) is 0 Å². The van der Waals surface area contributed by atoms with Crippen LogP contribution in [-0.2, 0) is 11.2 Å². The molecule has 0 aromatic heterocycles. The molecule has 0 radical (unpaired) electrons. The van der Waals surface area contributed by atoms with Gasteiger partial charge in [0.2, 0.25) is 0 Å². The molecule has 0 saturated heterocycles. The third kappa shape index (κ3) is 4.52. The molecule has 1 nitrogen and oxygen atoms in total. The van der Waals surface area contributed by atoms with E-state index in [0.29, 0.717) is 5.56 Å². The molecule has 0 aliphatic rings. The van der Waals surface area contributed by atoms with Gasteiger partial charge < -0.3 is 0 Å². The van der Waals surface area contributed by atoms with Crippen molar-refractivity contribution in [1.82, 2.24) is 0 Å². The van der Waals surface area contributed by atoms with Gasteiger partial charge in [0.1, 0.15) is 11.6 Å². The van der Waals surface area contributed by atoms with Crippen molar-refractivity contribution in [2.75, 3.05) is 0 Å². The highest BCUT2D eigenvalue weighted by atomic mass is 79.9. The summed E-state index contributed by atoms with van der Waals surface area (Å²) < 4.78 is 14.4. The molecule has 100 valence electrons. The Labute approximate surface area is 117 Å². The zero-order valence-electron chi connectivity index (χ0n) is 11.0. The third-order valence-electron chi connectivity index (χ3n) is 3.23. The Morgan fingerprint density at radius 1 is 1.39 bits per heavy atom. The quantitative estimate of drug-likeness (QED) is 0.698. The lowest BCUT2D eigenvalue weighted by atomic mass is 9.91. The second-order valence-electron chi connectivity index (χ2n) is 4.63. The SMILES string of the molecule is CCCCC(CC)C(=O)Cc1cc(Br)ccc1F. The summed E-state index contributed by atoms with van der Waals surface area (Å²) in [5.74, 6) is -0.0665. The van der Waals surface area contributed by atoms with E-state index in [-0.39, 0.29) is 23.9 Å². The van der Waals surface area contributed by atoms with Crippen LogP contribution in [0.15, 0.2) is 22.7 Å². The van der Waals surface area contributed by atoms with E-state index < -0.39 is 0 Å². The third-order valence-corrected chi connectivity index (χ3v) is 3.72. The molecule has 0 saturated carbocycles. The van der Waals surface area contributed by atoms with Gasteiger partial charge in [0.05, 0.1) is 0 Å². The normalized spacial score (nSPS) is 12.4. The van der Waals surface area contributed by atoms with Crippen LogP contribution in [0, 0.1) is 11.7 Å². The fourth-order valence-electron chi connectivity index (χ4n) is 2.05. The van der Waals surface area contributed by atoms with Gasteiger partial charge in [-0.25, -0.2) is 4.39 Å². The van der Waals surface area contributed by atoms with Crippen molar-refractivity contribution in [2.24, 2.45) is 5.92 Å². The Kier molecular flexibility index (Phi) is 6.55. The Balaban J connectivity index is 2.70. The minimum absolute atomic E-state index is 0.0725. The van der Waals surface area contributed by atoms with Crippen LogP contribution in [-0.4, -0.2) is 5.78 Å². The Bertz CT molecular complexity index is 403. The fourth-order valence-corrected chi connectivity index (χ4v) is 2.46. The molecule has 3 heteroatoms. The van der Waals surface area contributed by atoms with Crippen molar-refractivity contribution in [2.45, 2.75) is 46.0 Å². The van der Waals surface area contributed by atoms with Crippen LogP contribution in [0.25, 0.3) is 0 Å². The lowest BCUT2D eigenvalue weighted by Gasteiger charge is -2.13. The van der Waals surface area contributed by atoms with Crippen molar-refractivity contribution in [3.05, 3.63) is 34.1 Å². The van der Waals surface area contributed by atoms with Crippen LogP contribution in [0.5, 0.6) is 0 Å². The average Bonchev–Trinajstić information content (AvgIpc) is 2.35. The van der Waals surface area contributed by atoms with Crippen LogP contribution in [0.1, 0.15) is 45.1 Å². The molecule has 18 heavy (non-hydrogen) atoms. The molecule has 0 amide bonds. The molecule has 1 rings (SSSR count). The molecule has 0 spiro atoms. The van der Waals surface area contributed by atoms with Crippen molar-refractivity contribution >= 4 is 21.7 Å². The number of unbranched alkanes of at least 4 members (excludes halogenated alkanes) is 1. The Hall–Kier alpha value is -0.700. The van der Waals surface area contributed by atoms with E-state index in [1.807, 2.05) is 6.92 Å². The van der Waals surface area contributed by atoms with Gasteiger partial charge >= 0.3 is 0 Å². The minimum Gasteiger partial charge on any atom is -0.299 e. The number of Topliss-reactive ketones (excluding diaryl/α,β-unsaturated/α-hetero) is 1. The molecule has 0 aliphatic heterocycles. The van der Waals surface area contributed by atoms with Crippen molar-refractivity contribution in [3.8, 4) is 0 Å². The van der Waals surface area contributed by atoms with E-state index in [0.717, 1.165) is 30.2 Å². The summed E-state index contributed by atoms with van der Waals surface area (Å²) >= 11 is 3.30. The molecule has 0 heterocycles. The van der Waals surface area contributed by atoms with E-state index in [9.17, 15) is 9.18 Å². The van der Waals surface area contributed by atoms with Crippen LogP contribution < -0.4 is 0 Å². The number of hydrogen-bond acceptors (Lipinski definition) is 1. The summed E-state index contributed by atoms with van der Waals surface area (Å²) in [4.78, 5) is 12.1. The van der Waals surface area contributed by atoms with Crippen LogP contribution in [0.2, 0.25) is 0 Å². The maximum Gasteiger partial charge on any atom is 0.140 e. The first-order chi connectivity index (χ1) is 8.58. The highest BCUT2D eigenvalue weighted by molar-refractivity contribution is 9.10. The predicted octanol–water partition coefficient (Wildman–Crippen LogP) is 4.92. The number of carbonyl (C=O) groups excluding carboxylic acids is 1. The number of halogens is 2. The average molecular weight is 315 g/mol. The van der Waals surface area contributed by atoms with E-state index in [2.05, 4.69) is 22.9 Å². The number of hydrogen-bond donors (Lipinski definition) is 0. The Morgan fingerprint density at radius 3 is 2.72 bits per heavy atom. The summed E-state index contributed by atoms with van der Waals surface area (Å²) in [5.41, 5.74) is 0.490. The smallest absolute Gasteiger partial charge is 0.140 e. The van der Waals surface area contributed by atoms with Gasteiger partial charge in [0.15, 0.2) is 0 Å².